The summed E-state index contributed by atoms with van der Waals surface area (Å²) in [6, 6.07) is 0. The van der Waals surface area contributed by atoms with Crippen molar-refractivity contribution in [1.82, 2.24) is 5.32 Å². The highest BCUT2D eigenvalue weighted by Crippen LogP contribution is 1.96. The van der Waals surface area contributed by atoms with Crippen molar-refractivity contribution in [2.45, 2.75) is 12.4 Å². The molecule has 1 N–H and O–H groups in total. The van der Waals surface area contributed by atoms with E-state index in [1.807, 2.05) is 14.0 Å². The lowest BCUT2D eigenvalue weighted by Crippen LogP contribution is -2.19. The lowest BCUT2D eigenvalue weighted by Gasteiger charge is -2.10. The van der Waals surface area contributed by atoms with E-state index in [9.17, 15) is 0 Å². The maximum absolute atomic E-state index is 5.22. The zero-order chi connectivity index (χ0) is 8.53. The minimum Gasteiger partial charge on any atom is -0.377 e. The molecule has 0 bridgehead atoms. The van der Waals surface area contributed by atoms with Gasteiger partial charge < -0.3 is 14.8 Å². The van der Waals surface area contributed by atoms with E-state index >= 15 is 0 Å². The molecule has 0 heterocycles. The van der Waals surface area contributed by atoms with Crippen LogP contribution < -0.4 is 5.32 Å². The van der Waals surface area contributed by atoms with Gasteiger partial charge in [0.2, 0.25) is 0 Å². The number of hydrogen-bond acceptors (Lipinski definition) is 4. The Bertz CT molecular complexity index is 82.8. The van der Waals surface area contributed by atoms with Crippen LogP contribution in [0.5, 0.6) is 0 Å². The van der Waals surface area contributed by atoms with Crippen LogP contribution in [0, 0.1) is 0 Å². The van der Waals surface area contributed by atoms with Gasteiger partial charge in [0, 0.05) is 13.2 Å². The van der Waals surface area contributed by atoms with Crippen LogP contribution in [0.1, 0.15) is 6.92 Å². The Kier molecular flexibility index (Phi) is 8.50. The molecule has 4 heteroatoms. The molecular weight excluding hydrogens is 162 g/mol. The summed E-state index contributed by atoms with van der Waals surface area (Å²) < 4.78 is 10.4. The van der Waals surface area contributed by atoms with Gasteiger partial charge >= 0.3 is 0 Å². The van der Waals surface area contributed by atoms with Crippen molar-refractivity contribution in [2.75, 3.05) is 33.4 Å². The predicted octanol–water partition coefficient (Wildman–Crippen LogP) is 0.515. The highest BCUT2D eigenvalue weighted by molar-refractivity contribution is 7.80. The lowest BCUT2D eigenvalue weighted by molar-refractivity contribution is 0.0368. The van der Waals surface area contributed by atoms with E-state index in [1.54, 1.807) is 0 Å². The zero-order valence-electron chi connectivity index (χ0n) is 7.17. The molecule has 0 radical (unpaired) electrons. The fourth-order valence-corrected chi connectivity index (χ4v) is 0.853. The molecule has 0 saturated carbocycles. The van der Waals surface area contributed by atoms with Crippen LogP contribution in [0.3, 0.4) is 0 Å². The standard InChI is InChI=1S/C7H17NO2S/c1-3-10-7(11)6-9-5-4-8-2/h7-8,11H,3-6H2,1-2H3. The van der Waals surface area contributed by atoms with Crippen LogP contribution in [-0.4, -0.2) is 38.8 Å². The normalized spacial score (nSPS) is 13.4. The van der Waals surface area contributed by atoms with Crippen LogP contribution >= 0.6 is 12.6 Å². The maximum Gasteiger partial charge on any atom is 0.123 e. The van der Waals surface area contributed by atoms with Crippen LogP contribution in [0.2, 0.25) is 0 Å². The summed E-state index contributed by atoms with van der Waals surface area (Å²) in [6.45, 7) is 4.76. The summed E-state index contributed by atoms with van der Waals surface area (Å²) in [5.74, 6) is 0. The van der Waals surface area contributed by atoms with Gasteiger partial charge in [-0.2, -0.15) is 0 Å². The Hall–Kier alpha value is 0.230. The summed E-state index contributed by atoms with van der Waals surface area (Å²) in [7, 11) is 1.89. The molecule has 3 nitrogen and oxygen atoms in total. The van der Waals surface area contributed by atoms with Gasteiger partial charge in [-0.05, 0) is 14.0 Å². The first-order valence-electron chi connectivity index (χ1n) is 3.83. The first-order chi connectivity index (χ1) is 5.31. The first kappa shape index (κ1) is 11.2. The summed E-state index contributed by atoms with van der Waals surface area (Å²) in [5, 5.41) is 2.98. The Morgan fingerprint density at radius 1 is 1.55 bits per heavy atom. The number of thiol groups is 1. The van der Waals surface area contributed by atoms with E-state index in [4.69, 9.17) is 9.47 Å². The topological polar surface area (TPSA) is 30.5 Å². The number of hydrogen-bond donors (Lipinski definition) is 2. The zero-order valence-corrected chi connectivity index (χ0v) is 8.06. The molecule has 0 rings (SSSR count). The second-order valence-electron chi connectivity index (χ2n) is 2.09. The van der Waals surface area contributed by atoms with E-state index in [2.05, 4.69) is 17.9 Å². The van der Waals surface area contributed by atoms with Crippen molar-refractivity contribution in [3.05, 3.63) is 0 Å². The molecule has 0 aromatic heterocycles. The predicted molar refractivity (Wildman–Crippen MR) is 49.1 cm³/mol. The fraction of sp³-hybridized carbons (Fsp3) is 1.00. The Balaban J connectivity index is 2.97. The SMILES string of the molecule is CCOC(S)COCCNC. The molecule has 11 heavy (non-hydrogen) atoms. The third-order valence-corrected chi connectivity index (χ3v) is 1.41. The lowest BCUT2D eigenvalue weighted by atomic mass is 10.6. The van der Waals surface area contributed by atoms with E-state index in [0.717, 1.165) is 6.54 Å². The molecule has 0 aliphatic rings. The number of ether oxygens (including phenoxy) is 2. The molecule has 0 amide bonds. The third-order valence-electron chi connectivity index (χ3n) is 1.12. The monoisotopic (exact) mass is 179 g/mol. The number of nitrogens with one attached hydrogen (secondary N) is 1. The molecular formula is C7H17NO2S. The van der Waals surface area contributed by atoms with Crippen LogP contribution in [0.25, 0.3) is 0 Å². The summed E-state index contributed by atoms with van der Waals surface area (Å²) in [6.07, 6.45) is 0. The average molecular weight is 179 g/mol. The van der Waals surface area contributed by atoms with Gasteiger partial charge in [0.15, 0.2) is 0 Å². The van der Waals surface area contributed by atoms with Crippen molar-refractivity contribution >= 4 is 12.6 Å². The van der Waals surface area contributed by atoms with Gasteiger partial charge in [-0.15, -0.1) is 12.6 Å². The smallest absolute Gasteiger partial charge is 0.123 e. The third kappa shape index (κ3) is 8.13. The Labute approximate surface area is 73.9 Å². The molecule has 0 spiro atoms. The first-order valence-corrected chi connectivity index (χ1v) is 4.35. The molecule has 1 atom stereocenters. The Morgan fingerprint density at radius 2 is 2.27 bits per heavy atom. The van der Waals surface area contributed by atoms with Gasteiger partial charge in [0.25, 0.3) is 0 Å². The van der Waals surface area contributed by atoms with Crippen molar-refractivity contribution in [3.8, 4) is 0 Å². The van der Waals surface area contributed by atoms with Crippen molar-refractivity contribution in [3.63, 3.8) is 0 Å². The summed E-state index contributed by atoms with van der Waals surface area (Å²) >= 11 is 4.14. The van der Waals surface area contributed by atoms with Gasteiger partial charge in [0.1, 0.15) is 5.44 Å². The minimum absolute atomic E-state index is 0.0862. The van der Waals surface area contributed by atoms with Gasteiger partial charge in [-0.3, -0.25) is 0 Å². The van der Waals surface area contributed by atoms with Crippen LogP contribution in [0.4, 0.5) is 0 Å². The van der Waals surface area contributed by atoms with Crippen LogP contribution in [-0.2, 0) is 9.47 Å². The molecule has 0 saturated heterocycles. The Morgan fingerprint density at radius 3 is 2.82 bits per heavy atom. The fourth-order valence-electron chi connectivity index (χ4n) is 0.599. The number of rotatable bonds is 7. The van der Waals surface area contributed by atoms with Gasteiger partial charge in [-0.1, -0.05) is 0 Å². The molecule has 0 fully saturated rings. The second kappa shape index (κ2) is 8.33. The highest BCUT2D eigenvalue weighted by Gasteiger charge is 1.99. The van der Waals surface area contributed by atoms with E-state index < -0.39 is 0 Å². The molecule has 0 aromatic carbocycles. The van der Waals surface area contributed by atoms with E-state index in [0.29, 0.717) is 19.8 Å². The van der Waals surface area contributed by atoms with E-state index in [-0.39, 0.29) is 5.44 Å². The van der Waals surface area contributed by atoms with Crippen molar-refractivity contribution in [1.29, 1.82) is 0 Å². The molecule has 1 unspecified atom stereocenters. The second-order valence-corrected chi connectivity index (χ2v) is 2.66. The van der Waals surface area contributed by atoms with Crippen molar-refractivity contribution < 1.29 is 9.47 Å². The quantitative estimate of drug-likeness (QED) is 0.339. The van der Waals surface area contributed by atoms with Gasteiger partial charge in [-0.25, -0.2) is 0 Å². The molecule has 0 aliphatic heterocycles. The summed E-state index contributed by atoms with van der Waals surface area (Å²) in [5.41, 5.74) is -0.0862. The molecule has 68 valence electrons. The van der Waals surface area contributed by atoms with Crippen molar-refractivity contribution in [2.24, 2.45) is 0 Å². The van der Waals surface area contributed by atoms with Crippen LogP contribution in [0.15, 0.2) is 0 Å². The minimum atomic E-state index is -0.0862. The largest absolute Gasteiger partial charge is 0.377 e. The molecule has 0 aliphatic carbocycles. The highest BCUT2D eigenvalue weighted by atomic mass is 32.1. The maximum atomic E-state index is 5.22. The van der Waals surface area contributed by atoms with Gasteiger partial charge in [0.05, 0.1) is 13.2 Å². The van der Waals surface area contributed by atoms with E-state index in [1.165, 1.54) is 0 Å². The summed E-state index contributed by atoms with van der Waals surface area (Å²) in [4.78, 5) is 0. The number of likely N-dealkylation sites (N-methyl/N-ethyl adjacent to an activating group) is 1. The average Bonchev–Trinajstić information content (AvgIpc) is 1.99. The molecule has 0 aromatic rings.